The van der Waals surface area contributed by atoms with E-state index in [4.69, 9.17) is 10.9 Å². The lowest BCUT2D eigenvalue weighted by Crippen LogP contribution is -2.41. The van der Waals surface area contributed by atoms with E-state index in [0.717, 1.165) is 19.3 Å². The van der Waals surface area contributed by atoms with Crippen molar-refractivity contribution in [1.29, 1.82) is 0 Å². The standard InChI is InChI=1S/C15H21N3O2/c1-2-13(9-14(16)18-20)17-15(19)12-7-10-5-3-4-6-11(10)8-12/h3-6,12-13,20H,2,7-9H2,1H3,(H2,16,18)(H,17,19). The van der Waals surface area contributed by atoms with Crippen LogP contribution in [0.4, 0.5) is 0 Å². The van der Waals surface area contributed by atoms with E-state index in [1.807, 2.05) is 19.1 Å². The lowest BCUT2D eigenvalue weighted by Gasteiger charge is -2.18. The predicted octanol–water partition coefficient (Wildman–Crippen LogP) is 1.43. The number of hydrogen-bond donors (Lipinski definition) is 3. The monoisotopic (exact) mass is 275 g/mol. The number of carbonyl (C=O) groups excluding carboxylic acids is 1. The molecule has 1 aliphatic carbocycles. The molecule has 20 heavy (non-hydrogen) atoms. The Morgan fingerprint density at radius 2 is 2.05 bits per heavy atom. The van der Waals surface area contributed by atoms with Crippen LogP contribution in [0.5, 0.6) is 0 Å². The van der Waals surface area contributed by atoms with Gasteiger partial charge < -0.3 is 16.3 Å². The third-order valence-electron chi connectivity index (χ3n) is 3.84. The lowest BCUT2D eigenvalue weighted by molar-refractivity contribution is -0.125. The van der Waals surface area contributed by atoms with E-state index in [-0.39, 0.29) is 23.7 Å². The first-order chi connectivity index (χ1) is 9.63. The summed E-state index contributed by atoms with van der Waals surface area (Å²) in [6.45, 7) is 1.97. The molecule has 0 fully saturated rings. The Bertz CT molecular complexity index is 489. The zero-order valence-electron chi connectivity index (χ0n) is 11.7. The molecule has 1 amide bonds. The van der Waals surface area contributed by atoms with Crippen LogP contribution in [0.15, 0.2) is 29.4 Å². The van der Waals surface area contributed by atoms with Crippen molar-refractivity contribution in [3.63, 3.8) is 0 Å². The van der Waals surface area contributed by atoms with Crippen LogP contribution < -0.4 is 11.1 Å². The van der Waals surface area contributed by atoms with Crippen LogP contribution in [-0.2, 0) is 17.6 Å². The van der Waals surface area contributed by atoms with Crippen LogP contribution in [0.25, 0.3) is 0 Å². The molecule has 0 saturated heterocycles. The third-order valence-corrected chi connectivity index (χ3v) is 3.84. The van der Waals surface area contributed by atoms with Crippen molar-refractivity contribution in [1.82, 2.24) is 5.32 Å². The van der Waals surface area contributed by atoms with Crippen molar-refractivity contribution in [2.24, 2.45) is 16.8 Å². The summed E-state index contributed by atoms with van der Waals surface area (Å²) in [5.41, 5.74) is 8.02. The van der Waals surface area contributed by atoms with E-state index in [0.29, 0.717) is 6.42 Å². The van der Waals surface area contributed by atoms with Gasteiger partial charge in [-0.1, -0.05) is 36.3 Å². The molecule has 0 radical (unpaired) electrons. The largest absolute Gasteiger partial charge is 0.409 e. The van der Waals surface area contributed by atoms with Gasteiger partial charge in [-0.2, -0.15) is 0 Å². The first-order valence-electron chi connectivity index (χ1n) is 6.97. The molecule has 0 aliphatic heterocycles. The molecule has 5 heteroatoms. The number of amides is 1. The highest BCUT2D eigenvalue weighted by Crippen LogP contribution is 2.26. The summed E-state index contributed by atoms with van der Waals surface area (Å²) in [5, 5.41) is 14.5. The number of rotatable bonds is 5. The fourth-order valence-electron chi connectivity index (χ4n) is 2.65. The second-order valence-corrected chi connectivity index (χ2v) is 5.28. The molecule has 1 aliphatic rings. The average molecular weight is 275 g/mol. The normalized spacial score (nSPS) is 16.8. The van der Waals surface area contributed by atoms with Gasteiger partial charge in [-0.3, -0.25) is 4.79 Å². The Hall–Kier alpha value is -2.04. The first kappa shape index (κ1) is 14.4. The molecule has 2 rings (SSSR count). The van der Waals surface area contributed by atoms with Crippen LogP contribution in [0.2, 0.25) is 0 Å². The van der Waals surface area contributed by atoms with Gasteiger partial charge in [0, 0.05) is 18.4 Å². The molecule has 0 bridgehead atoms. The molecule has 1 aromatic rings. The summed E-state index contributed by atoms with van der Waals surface area (Å²) in [6, 6.07) is 8.09. The SMILES string of the molecule is CCC(C/C(N)=N/O)NC(=O)C1Cc2ccccc2C1. The Morgan fingerprint density at radius 1 is 1.45 bits per heavy atom. The summed E-state index contributed by atoms with van der Waals surface area (Å²) < 4.78 is 0. The summed E-state index contributed by atoms with van der Waals surface area (Å²) in [5.74, 6) is 0.194. The second-order valence-electron chi connectivity index (χ2n) is 5.28. The zero-order valence-corrected chi connectivity index (χ0v) is 11.7. The lowest BCUT2D eigenvalue weighted by atomic mass is 10.0. The van der Waals surface area contributed by atoms with E-state index >= 15 is 0 Å². The molecule has 0 saturated carbocycles. The number of carbonyl (C=O) groups is 1. The molecule has 0 spiro atoms. The first-order valence-corrected chi connectivity index (χ1v) is 6.97. The van der Waals surface area contributed by atoms with Gasteiger partial charge in [-0.15, -0.1) is 0 Å². The average Bonchev–Trinajstić information content (AvgIpc) is 2.90. The Balaban J connectivity index is 1.93. The van der Waals surface area contributed by atoms with Crippen molar-refractivity contribution in [3.05, 3.63) is 35.4 Å². The third kappa shape index (κ3) is 3.29. The molecule has 4 N–H and O–H groups in total. The number of amidine groups is 1. The quantitative estimate of drug-likeness (QED) is 0.329. The van der Waals surface area contributed by atoms with Gasteiger partial charge in [0.1, 0.15) is 5.84 Å². The van der Waals surface area contributed by atoms with Crippen molar-refractivity contribution in [2.45, 2.75) is 38.6 Å². The Kier molecular flexibility index (Phi) is 4.61. The molecule has 0 heterocycles. The van der Waals surface area contributed by atoms with Gasteiger partial charge in [0.2, 0.25) is 5.91 Å². The van der Waals surface area contributed by atoms with Crippen LogP contribution in [0, 0.1) is 5.92 Å². The number of oxime groups is 1. The minimum absolute atomic E-state index is 0.00580. The minimum Gasteiger partial charge on any atom is -0.409 e. The maximum Gasteiger partial charge on any atom is 0.224 e. The van der Waals surface area contributed by atoms with Gasteiger partial charge >= 0.3 is 0 Å². The number of benzene rings is 1. The second kappa shape index (κ2) is 6.41. The molecular formula is C15H21N3O2. The summed E-state index contributed by atoms with van der Waals surface area (Å²) in [6.07, 6.45) is 2.71. The van der Waals surface area contributed by atoms with Crippen LogP contribution >= 0.6 is 0 Å². The van der Waals surface area contributed by atoms with E-state index in [2.05, 4.69) is 22.6 Å². The topological polar surface area (TPSA) is 87.7 Å². The predicted molar refractivity (Wildman–Crippen MR) is 77.6 cm³/mol. The van der Waals surface area contributed by atoms with Gasteiger partial charge in [-0.25, -0.2) is 0 Å². The van der Waals surface area contributed by atoms with Crippen molar-refractivity contribution < 1.29 is 10.0 Å². The van der Waals surface area contributed by atoms with Crippen molar-refractivity contribution >= 4 is 11.7 Å². The number of nitrogens with one attached hydrogen (secondary N) is 1. The van der Waals surface area contributed by atoms with Crippen LogP contribution in [-0.4, -0.2) is 23.0 Å². The molecule has 108 valence electrons. The van der Waals surface area contributed by atoms with E-state index in [1.165, 1.54) is 11.1 Å². The molecule has 1 atom stereocenters. The maximum absolute atomic E-state index is 12.3. The Morgan fingerprint density at radius 3 is 2.55 bits per heavy atom. The maximum atomic E-state index is 12.3. The zero-order chi connectivity index (χ0) is 14.5. The minimum atomic E-state index is -0.0814. The summed E-state index contributed by atoms with van der Waals surface area (Å²) in [4.78, 5) is 12.3. The highest BCUT2D eigenvalue weighted by atomic mass is 16.4. The van der Waals surface area contributed by atoms with Gasteiger partial charge in [0.05, 0.1) is 0 Å². The van der Waals surface area contributed by atoms with E-state index in [9.17, 15) is 4.79 Å². The van der Waals surface area contributed by atoms with Gasteiger partial charge in [-0.05, 0) is 30.4 Å². The fourth-order valence-corrected chi connectivity index (χ4v) is 2.65. The van der Waals surface area contributed by atoms with E-state index in [1.54, 1.807) is 0 Å². The molecule has 5 nitrogen and oxygen atoms in total. The molecule has 1 unspecified atom stereocenters. The van der Waals surface area contributed by atoms with Crippen molar-refractivity contribution in [3.8, 4) is 0 Å². The number of hydrogen-bond acceptors (Lipinski definition) is 3. The van der Waals surface area contributed by atoms with Crippen molar-refractivity contribution in [2.75, 3.05) is 0 Å². The molecular weight excluding hydrogens is 254 g/mol. The van der Waals surface area contributed by atoms with Crippen LogP contribution in [0.1, 0.15) is 30.9 Å². The Labute approximate surface area is 118 Å². The number of nitrogens with two attached hydrogens (primary N) is 1. The summed E-state index contributed by atoms with van der Waals surface area (Å²) >= 11 is 0. The highest BCUT2D eigenvalue weighted by molar-refractivity contribution is 5.83. The van der Waals surface area contributed by atoms with Gasteiger partial charge in [0.25, 0.3) is 0 Å². The highest BCUT2D eigenvalue weighted by Gasteiger charge is 2.28. The molecule has 1 aromatic carbocycles. The number of nitrogens with zero attached hydrogens (tertiary/aromatic N) is 1. The van der Waals surface area contributed by atoms with Gasteiger partial charge in [0.15, 0.2) is 0 Å². The smallest absolute Gasteiger partial charge is 0.224 e. The summed E-state index contributed by atoms with van der Waals surface area (Å²) in [7, 11) is 0. The number of fused-ring (bicyclic) bond motifs is 1. The van der Waals surface area contributed by atoms with Crippen LogP contribution in [0.3, 0.4) is 0 Å². The van der Waals surface area contributed by atoms with E-state index < -0.39 is 0 Å². The fraction of sp³-hybridized carbons (Fsp3) is 0.467. The molecule has 0 aromatic heterocycles.